The van der Waals surface area contributed by atoms with Gasteiger partial charge in [-0.2, -0.15) is 0 Å². The van der Waals surface area contributed by atoms with Gasteiger partial charge in [0.2, 0.25) is 0 Å². The van der Waals surface area contributed by atoms with Crippen LogP contribution in [0.5, 0.6) is 0 Å². The minimum absolute atomic E-state index is 0. The van der Waals surface area contributed by atoms with Crippen molar-refractivity contribution in [2.24, 2.45) is 10.8 Å². The van der Waals surface area contributed by atoms with Crippen molar-refractivity contribution >= 4 is 23.9 Å². The second kappa shape index (κ2) is 27.8. The van der Waals surface area contributed by atoms with E-state index in [4.69, 9.17) is 14.2 Å². The van der Waals surface area contributed by atoms with Crippen molar-refractivity contribution in [3.8, 4) is 0 Å². The van der Waals surface area contributed by atoms with Crippen molar-refractivity contribution in [2.75, 3.05) is 13.2 Å². The first kappa shape index (κ1) is 49.3. The standard InChI is InChI=1S/C13H18O2.C11H12O2.C9H16O2.C7H10O2.V/c1-4-13(2,3)12(14)15-10-11-8-6-5-7-9-11;1-9(2)11(12)13-8-10-6-4-3-5-7-10;1-5-7-11-8(10)9(3,4)6-2;1-4-5-9-7(8)6(2)3;/h5-9H,4,10H2,1-3H3;3-7H,1,8H2,2H3;5H,1,6-7H2,2-4H3;4H,1-2,5H2,3H3;. The molecule has 0 heterocycles. The van der Waals surface area contributed by atoms with Crippen molar-refractivity contribution in [3.05, 3.63) is 121 Å². The van der Waals surface area contributed by atoms with E-state index in [9.17, 15) is 19.2 Å². The van der Waals surface area contributed by atoms with Crippen molar-refractivity contribution in [2.45, 2.75) is 81.4 Å². The molecule has 0 bridgehead atoms. The summed E-state index contributed by atoms with van der Waals surface area (Å²) < 4.78 is 19.7. The molecule has 0 saturated carbocycles. The fourth-order valence-corrected chi connectivity index (χ4v) is 2.64. The summed E-state index contributed by atoms with van der Waals surface area (Å²) in [5, 5.41) is 0. The summed E-state index contributed by atoms with van der Waals surface area (Å²) in [5.41, 5.74) is 2.11. The predicted molar refractivity (Wildman–Crippen MR) is 193 cm³/mol. The molecule has 9 heteroatoms. The first-order valence-corrected chi connectivity index (χ1v) is 15.8. The molecule has 1 radical (unpaired) electrons. The summed E-state index contributed by atoms with van der Waals surface area (Å²) in [6.07, 6.45) is 4.67. The maximum Gasteiger partial charge on any atom is 0.333 e. The molecule has 269 valence electrons. The van der Waals surface area contributed by atoms with Crippen LogP contribution in [0, 0.1) is 10.8 Å². The van der Waals surface area contributed by atoms with E-state index in [-0.39, 0.29) is 59.9 Å². The quantitative estimate of drug-likeness (QED) is 0.0827. The Bertz CT molecular complexity index is 1300. The molecular formula is C40H56O8V. The Morgan fingerprint density at radius 3 is 1.27 bits per heavy atom. The average Bonchev–Trinajstić information content (AvgIpc) is 3.08. The first-order chi connectivity index (χ1) is 22.5. The Balaban J connectivity index is -0.000000582. The van der Waals surface area contributed by atoms with Gasteiger partial charge < -0.3 is 18.9 Å². The number of carbonyl (C=O) groups is 4. The Labute approximate surface area is 306 Å². The molecule has 2 aromatic carbocycles. The van der Waals surface area contributed by atoms with Crippen LogP contribution in [-0.2, 0) is 69.9 Å². The van der Waals surface area contributed by atoms with Crippen LogP contribution in [0.1, 0.15) is 79.4 Å². The number of carbonyl (C=O) groups excluding carboxylic acids is 4. The molecule has 2 rings (SSSR count). The summed E-state index contributed by atoms with van der Waals surface area (Å²) >= 11 is 0. The number of esters is 4. The van der Waals surface area contributed by atoms with Gasteiger partial charge in [0.05, 0.1) is 10.8 Å². The molecule has 2 aromatic rings. The molecule has 0 amide bonds. The summed E-state index contributed by atoms with van der Waals surface area (Å²) in [6, 6.07) is 19.3. The molecule has 0 unspecified atom stereocenters. The predicted octanol–water partition coefficient (Wildman–Crippen LogP) is 8.91. The van der Waals surface area contributed by atoms with Gasteiger partial charge >= 0.3 is 23.9 Å². The molecular weight excluding hydrogens is 659 g/mol. The SMILES string of the molecule is C=C(C)C(=O)OCc1ccccc1.C=CCOC(=O)C(=C)C.C=CCOC(=O)C(C)(C)CC.CCC(C)(C)C(=O)OCc1ccccc1.[V]. The van der Waals surface area contributed by atoms with Gasteiger partial charge in [-0.05, 0) is 65.5 Å². The Morgan fingerprint density at radius 2 is 0.918 bits per heavy atom. The molecule has 8 nitrogen and oxygen atoms in total. The van der Waals surface area contributed by atoms with E-state index in [1.54, 1.807) is 19.9 Å². The maximum absolute atomic E-state index is 11.6. The second-order valence-corrected chi connectivity index (χ2v) is 11.9. The van der Waals surface area contributed by atoms with Crippen LogP contribution in [0.2, 0.25) is 0 Å². The van der Waals surface area contributed by atoms with E-state index in [0.717, 1.165) is 24.0 Å². The van der Waals surface area contributed by atoms with E-state index < -0.39 is 0 Å². The third-order valence-corrected chi connectivity index (χ3v) is 6.66. The molecule has 0 aliphatic carbocycles. The molecule has 0 aliphatic rings. The van der Waals surface area contributed by atoms with Gasteiger partial charge in [0.1, 0.15) is 26.4 Å². The summed E-state index contributed by atoms with van der Waals surface area (Å²) in [5.74, 6) is -0.993. The third-order valence-electron chi connectivity index (χ3n) is 6.66. The maximum atomic E-state index is 11.6. The zero-order valence-electron chi connectivity index (χ0n) is 30.7. The second-order valence-electron chi connectivity index (χ2n) is 11.9. The smallest absolute Gasteiger partial charge is 0.333 e. The topological polar surface area (TPSA) is 105 Å². The van der Waals surface area contributed by atoms with E-state index in [2.05, 4.69) is 31.1 Å². The molecule has 0 spiro atoms. The zero-order chi connectivity index (χ0) is 37.2. The number of rotatable bonds is 14. The van der Waals surface area contributed by atoms with E-state index in [0.29, 0.717) is 31.0 Å². The average molecular weight is 716 g/mol. The van der Waals surface area contributed by atoms with Crippen molar-refractivity contribution < 1.29 is 56.7 Å². The number of hydrogen-bond acceptors (Lipinski definition) is 8. The molecule has 49 heavy (non-hydrogen) atoms. The fraction of sp³-hybridized carbons (Fsp3) is 0.400. The van der Waals surface area contributed by atoms with Gasteiger partial charge in [-0.3, -0.25) is 9.59 Å². The van der Waals surface area contributed by atoms with Crippen molar-refractivity contribution in [1.82, 2.24) is 0 Å². The number of ether oxygens (including phenoxy) is 4. The van der Waals surface area contributed by atoms with Gasteiger partial charge in [-0.15, -0.1) is 0 Å². The molecule has 0 aromatic heterocycles. The first-order valence-electron chi connectivity index (χ1n) is 15.8. The molecule has 0 N–H and O–H groups in total. The van der Waals surface area contributed by atoms with Crippen LogP contribution in [0.3, 0.4) is 0 Å². The Hall–Kier alpha value is -4.14. The van der Waals surface area contributed by atoms with Crippen LogP contribution in [-0.4, -0.2) is 37.1 Å². The minimum atomic E-state index is -0.380. The normalized spacial score (nSPS) is 9.80. The minimum Gasteiger partial charge on any atom is -0.461 e. The Morgan fingerprint density at radius 1 is 0.592 bits per heavy atom. The summed E-state index contributed by atoms with van der Waals surface area (Å²) in [6.45, 7) is 29.7. The van der Waals surface area contributed by atoms with Crippen molar-refractivity contribution in [3.63, 3.8) is 0 Å². The van der Waals surface area contributed by atoms with E-state index in [1.165, 1.54) is 6.08 Å². The van der Waals surface area contributed by atoms with E-state index in [1.807, 2.05) is 102 Å². The fourth-order valence-electron chi connectivity index (χ4n) is 2.64. The van der Waals surface area contributed by atoms with Gasteiger partial charge in [0, 0.05) is 29.7 Å². The van der Waals surface area contributed by atoms with Gasteiger partial charge in [-0.1, -0.05) is 113 Å². The largest absolute Gasteiger partial charge is 0.461 e. The molecule has 0 saturated heterocycles. The van der Waals surface area contributed by atoms with Crippen LogP contribution in [0.25, 0.3) is 0 Å². The molecule has 0 fully saturated rings. The monoisotopic (exact) mass is 715 g/mol. The van der Waals surface area contributed by atoms with Gasteiger partial charge in [-0.25, -0.2) is 9.59 Å². The van der Waals surface area contributed by atoms with Crippen LogP contribution < -0.4 is 0 Å². The van der Waals surface area contributed by atoms with Gasteiger partial charge in [0.15, 0.2) is 0 Å². The van der Waals surface area contributed by atoms with Crippen LogP contribution in [0.15, 0.2) is 110 Å². The summed E-state index contributed by atoms with van der Waals surface area (Å²) in [4.78, 5) is 44.4. The third kappa shape index (κ3) is 24.6. The Kier molecular flexibility index (Phi) is 27.9. The van der Waals surface area contributed by atoms with E-state index >= 15 is 0 Å². The number of hydrogen-bond donors (Lipinski definition) is 0. The van der Waals surface area contributed by atoms with Crippen molar-refractivity contribution in [1.29, 1.82) is 0 Å². The van der Waals surface area contributed by atoms with Crippen LogP contribution >= 0.6 is 0 Å². The molecule has 0 aliphatic heterocycles. The van der Waals surface area contributed by atoms with Gasteiger partial charge in [0.25, 0.3) is 0 Å². The number of benzene rings is 2. The van der Waals surface area contributed by atoms with Crippen LogP contribution in [0.4, 0.5) is 0 Å². The summed E-state index contributed by atoms with van der Waals surface area (Å²) in [7, 11) is 0. The zero-order valence-corrected chi connectivity index (χ0v) is 32.1. The molecule has 0 atom stereocenters.